The molecule has 0 unspecified atom stereocenters. The Bertz CT molecular complexity index is 1440. The maximum absolute atomic E-state index is 12.9. The molecule has 4 N–H and O–H groups in total. The van der Waals surface area contributed by atoms with E-state index in [-0.39, 0.29) is 10.5 Å². The molecule has 12 heteroatoms. The van der Waals surface area contributed by atoms with E-state index in [0.29, 0.717) is 9.79 Å². The second kappa shape index (κ2) is 9.37. The lowest BCUT2D eigenvalue weighted by Crippen LogP contribution is -2.10. The van der Waals surface area contributed by atoms with Gasteiger partial charge in [0, 0.05) is 9.79 Å². The third-order valence-electron chi connectivity index (χ3n) is 4.58. The molecule has 0 aliphatic heterocycles. The molecular weight excluding hydrogens is 488 g/mol. The lowest BCUT2D eigenvalue weighted by Gasteiger charge is -2.09. The number of carboxylic acids is 4. The van der Waals surface area contributed by atoms with Gasteiger partial charge in [0.1, 0.15) is 0 Å². The Hall–Kier alpha value is -4.16. The fourth-order valence-corrected chi connectivity index (χ4v) is 5.11. The molecule has 0 amide bonds. The van der Waals surface area contributed by atoms with Gasteiger partial charge in [0.15, 0.2) is 0 Å². The smallest absolute Gasteiger partial charge is 0.336 e. The minimum Gasteiger partial charge on any atom is -0.478 e. The molecule has 0 saturated carbocycles. The van der Waals surface area contributed by atoms with Crippen LogP contribution in [0.1, 0.15) is 41.4 Å². The maximum Gasteiger partial charge on any atom is 0.336 e. The summed E-state index contributed by atoms with van der Waals surface area (Å²) in [5, 5.41) is 36.6. The van der Waals surface area contributed by atoms with Crippen LogP contribution in [0.4, 0.5) is 0 Å². The van der Waals surface area contributed by atoms with Crippen LogP contribution in [0.25, 0.3) is 0 Å². The minimum atomic E-state index is -4.17. The fourth-order valence-electron chi connectivity index (χ4n) is 2.96. The van der Waals surface area contributed by atoms with Crippen molar-refractivity contribution in [2.24, 2.45) is 0 Å². The summed E-state index contributed by atoms with van der Waals surface area (Å²) >= 11 is 1.07. The SMILES string of the molecule is O=C(O)c1ccc(Sc2ccc(S(=O)(=O)c3ccc(C(=O)O)c(C(=O)O)c3)cc2)cc1C(=O)O. The number of aromatic carboxylic acids is 4. The van der Waals surface area contributed by atoms with Crippen LogP contribution in [-0.2, 0) is 9.84 Å². The molecule has 0 bridgehead atoms. The van der Waals surface area contributed by atoms with Crippen molar-refractivity contribution in [2.45, 2.75) is 19.6 Å². The summed E-state index contributed by atoms with van der Waals surface area (Å²) in [7, 11) is -4.17. The Morgan fingerprint density at radius 3 is 1.44 bits per heavy atom. The first-order chi connectivity index (χ1) is 15.9. The van der Waals surface area contributed by atoms with Crippen molar-refractivity contribution in [2.75, 3.05) is 0 Å². The molecule has 0 heterocycles. The summed E-state index contributed by atoms with van der Waals surface area (Å²) in [5.41, 5.74) is -1.98. The number of carbonyl (C=O) groups is 4. The zero-order chi connectivity index (χ0) is 25.2. The van der Waals surface area contributed by atoms with Crippen molar-refractivity contribution in [1.82, 2.24) is 0 Å². The molecule has 0 atom stereocenters. The predicted octanol–water partition coefficient (Wildman–Crippen LogP) is 3.46. The van der Waals surface area contributed by atoms with Crippen molar-refractivity contribution in [3.63, 3.8) is 0 Å². The summed E-state index contributed by atoms with van der Waals surface area (Å²) in [4.78, 5) is 45.4. The van der Waals surface area contributed by atoms with Crippen LogP contribution in [0.15, 0.2) is 80.2 Å². The molecule has 0 aliphatic rings. The Morgan fingerprint density at radius 1 is 0.529 bits per heavy atom. The van der Waals surface area contributed by atoms with E-state index in [2.05, 4.69) is 0 Å². The van der Waals surface area contributed by atoms with Crippen molar-refractivity contribution in [3.05, 3.63) is 82.9 Å². The summed E-state index contributed by atoms with van der Waals surface area (Å²) in [5.74, 6) is -5.89. The number of sulfone groups is 1. The van der Waals surface area contributed by atoms with E-state index in [4.69, 9.17) is 10.2 Å². The van der Waals surface area contributed by atoms with Gasteiger partial charge in [0.05, 0.1) is 32.0 Å². The Labute approximate surface area is 196 Å². The molecule has 0 saturated heterocycles. The van der Waals surface area contributed by atoms with E-state index < -0.39 is 55.3 Å². The third-order valence-corrected chi connectivity index (χ3v) is 7.35. The molecule has 0 aliphatic carbocycles. The zero-order valence-electron chi connectivity index (χ0n) is 16.8. The van der Waals surface area contributed by atoms with Gasteiger partial charge in [-0.15, -0.1) is 0 Å². The Morgan fingerprint density at radius 2 is 0.941 bits per heavy atom. The molecule has 0 aromatic heterocycles. The van der Waals surface area contributed by atoms with Crippen LogP contribution >= 0.6 is 11.8 Å². The van der Waals surface area contributed by atoms with Crippen molar-refractivity contribution in [3.8, 4) is 0 Å². The van der Waals surface area contributed by atoms with Crippen LogP contribution in [0.3, 0.4) is 0 Å². The minimum absolute atomic E-state index is 0.177. The zero-order valence-corrected chi connectivity index (χ0v) is 18.5. The number of rotatable bonds is 8. The molecule has 0 spiro atoms. The van der Waals surface area contributed by atoms with Crippen LogP contribution in [-0.4, -0.2) is 52.7 Å². The second-order valence-corrected chi connectivity index (χ2v) is 9.81. The number of benzene rings is 3. The predicted molar refractivity (Wildman–Crippen MR) is 117 cm³/mol. The van der Waals surface area contributed by atoms with Gasteiger partial charge in [0.25, 0.3) is 0 Å². The molecule has 0 fully saturated rings. The van der Waals surface area contributed by atoms with E-state index >= 15 is 0 Å². The summed E-state index contributed by atoms with van der Waals surface area (Å²) in [6.07, 6.45) is 0. The lowest BCUT2D eigenvalue weighted by atomic mass is 10.1. The number of hydrogen-bond acceptors (Lipinski definition) is 7. The van der Waals surface area contributed by atoms with Crippen LogP contribution in [0.2, 0.25) is 0 Å². The van der Waals surface area contributed by atoms with Crippen LogP contribution in [0, 0.1) is 0 Å². The van der Waals surface area contributed by atoms with E-state index in [9.17, 15) is 37.8 Å². The normalized spacial score (nSPS) is 11.1. The molecule has 34 heavy (non-hydrogen) atoms. The van der Waals surface area contributed by atoms with E-state index in [1.807, 2.05) is 0 Å². The van der Waals surface area contributed by atoms with Crippen LogP contribution < -0.4 is 0 Å². The highest BCUT2D eigenvalue weighted by Crippen LogP contribution is 2.31. The standard InChI is InChI=1S/C22H14O10S2/c23-19(24)15-7-3-12(9-17(15)21(27)28)33-11-1-4-13(5-2-11)34(31,32)14-6-8-16(20(25)26)18(10-14)22(29)30/h1-10H,(H,23,24)(H,25,26)(H,27,28)(H,29,30). The first kappa shape index (κ1) is 24.5. The summed E-state index contributed by atoms with van der Waals surface area (Å²) in [6.45, 7) is 0. The van der Waals surface area contributed by atoms with Gasteiger partial charge in [-0.1, -0.05) is 11.8 Å². The van der Waals surface area contributed by atoms with Gasteiger partial charge < -0.3 is 20.4 Å². The van der Waals surface area contributed by atoms with Gasteiger partial charge in [-0.25, -0.2) is 27.6 Å². The average Bonchev–Trinajstić information content (AvgIpc) is 2.78. The van der Waals surface area contributed by atoms with Gasteiger partial charge in [0.2, 0.25) is 9.84 Å². The van der Waals surface area contributed by atoms with Crippen LogP contribution in [0.5, 0.6) is 0 Å². The third kappa shape index (κ3) is 4.92. The maximum atomic E-state index is 12.9. The fraction of sp³-hybridized carbons (Fsp3) is 0. The molecule has 3 rings (SSSR count). The Kier molecular flexibility index (Phi) is 6.75. The van der Waals surface area contributed by atoms with Crippen molar-refractivity contribution < 1.29 is 48.0 Å². The topological polar surface area (TPSA) is 183 Å². The molecule has 3 aromatic carbocycles. The number of hydrogen-bond donors (Lipinski definition) is 4. The molecule has 0 radical (unpaired) electrons. The quantitative estimate of drug-likeness (QED) is 0.354. The molecule has 174 valence electrons. The average molecular weight is 502 g/mol. The summed E-state index contributed by atoms with van der Waals surface area (Å²) < 4.78 is 25.8. The number of carboxylic acid groups (broad SMARTS) is 4. The first-order valence-electron chi connectivity index (χ1n) is 9.16. The highest BCUT2D eigenvalue weighted by atomic mass is 32.2. The molecule has 10 nitrogen and oxygen atoms in total. The van der Waals surface area contributed by atoms with Gasteiger partial charge in [-0.2, -0.15) is 0 Å². The van der Waals surface area contributed by atoms with Gasteiger partial charge >= 0.3 is 23.9 Å². The van der Waals surface area contributed by atoms with E-state index in [1.54, 1.807) is 0 Å². The van der Waals surface area contributed by atoms with E-state index in [0.717, 1.165) is 36.0 Å². The van der Waals surface area contributed by atoms with Gasteiger partial charge in [-0.3, -0.25) is 0 Å². The van der Waals surface area contributed by atoms with Crippen molar-refractivity contribution in [1.29, 1.82) is 0 Å². The highest BCUT2D eigenvalue weighted by Gasteiger charge is 2.23. The molecule has 3 aromatic rings. The monoisotopic (exact) mass is 502 g/mol. The lowest BCUT2D eigenvalue weighted by molar-refractivity contribution is 0.0651. The molecular formula is C22H14O10S2. The van der Waals surface area contributed by atoms with Crippen molar-refractivity contribution >= 4 is 45.5 Å². The largest absolute Gasteiger partial charge is 0.478 e. The summed E-state index contributed by atoms with van der Waals surface area (Å²) in [6, 6.07) is 11.9. The Balaban J connectivity index is 1.91. The van der Waals surface area contributed by atoms with Gasteiger partial charge in [-0.05, 0) is 60.7 Å². The second-order valence-electron chi connectivity index (χ2n) is 6.71. The van der Waals surface area contributed by atoms with E-state index in [1.165, 1.54) is 36.4 Å². The first-order valence-corrected chi connectivity index (χ1v) is 11.5. The highest BCUT2D eigenvalue weighted by molar-refractivity contribution is 7.99.